The number of aromatic carboxylic acids is 1. The summed E-state index contributed by atoms with van der Waals surface area (Å²) >= 11 is 1.82. The van der Waals surface area contributed by atoms with Gasteiger partial charge in [-0.1, -0.05) is 0 Å². The lowest BCUT2D eigenvalue weighted by molar-refractivity contribution is 0.0690. The van der Waals surface area contributed by atoms with Crippen LogP contribution in [0.1, 0.15) is 10.5 Å². The fraction of sp³-hybridized carbons (Fsp3) is 0. The molecule has 1 heterocycles. The zero-order chi connectivity index (χ0) is 8.43. The average molecular weight is 265 g/mol. The lowest BCUT2D eigenvalue weighted by atomic mass is 10.5. The van der Waals surface area contributed by atoms with Crippen LogP contribution in [0.3, 0.4) is 0 Å². The highest BCUT2D eigenvalue weighted by atomic mass is 127. The van der Waals surface area contributed by atoms with Crippen molar-refractivity contribution in [3.63, 3.8) is 0 Å². The molecule has 0 saturated heterocycles. The number of carboxylic acid groups (broad SMARTS) is 1. The van der Waals surface area contributed by atoms with E-state index < -0.39 is 5.97 Å². The number of hydrogen-bond donors (Lipinski definition) is 2. The Kier molecular flexibility index (Phi) is 2.22. The van der Waals surface area contributed by atoms with Crippen LogP contribution in [0.25, 0.3) is 0 Å². The van der Waals surface area contributed by atoms with E-state index in [1.54, 1.807) is 0 Å². The summed E-state index contributed by atoms with van der Waals surface area (Å²) in [6.07, 6.45) is 1.12. The molecule has 0 atom stereocenters. The third-order valence-electron chi connectivity index (χ3n) is 0.975. The van der Waals surface area contributed by atoms with E-state index in [9.17, 15) is 4.79 Å². The van der Waals surface area contributed by atoms with Crippen molar-refractivity contribution in [1.82, 2.24) is 9.97 Å². The molecule has 3 N–H and O–H groups in total. The van der Waals surface area contributed by atoms with Gasteiger partial charge in [0.1, 0.15) is 3.70 Å². The van der Waals surface area contributed by atoms with Crippen LogP contribution in [0.5, 0.6) is 0 Å². The second kappa shape index (κ2) is 2.99. The van der Waals surface area contributed by atoms with Gasteiger partial charge in [-0.05, 0) is 22.6 Å². The van der Waals surface area contributed by atoms with Crippen molar-refractivity contribution in [3.8, 4) is 0 Å². The van der Waals surface area contributed by atoms with Crippen LogP contribution in [-0.2, 0) is 0 Å². The molecule has 5 nitrogen and oxygen atoms in total. The average Bonchev–Trinajstić information content (AvgIpc) is 1.94. The van der Waals surface area contributed by atoms with E-state index in [2.05, 4.69) is 9.97 Å². The van der Waals surface area contributed by atoms with Gasteiger partial charge in [0.15, 0.2) is 11.5 Å². The minimum atomic E-state index is -1.10. The van der Waals surface area contributed by atoms with E-state index >= 15 is 0 Å². The van der Waals surface area contributed by atoms with Crippen LogP contribution in [0.4, 0.5) is 5.82 Å². The Bertz CT molecular complexity index is 302. The van der Waals surface area contributed by atoms with Gasteiger partial charge in [0.05, 0.1) is 6.20 Å². The maximum absolute atomic E-state index is 10.3. The summed E-state index contributed by atoms with van der Waals surface area (Å²) in [5.41, 5.74) is 5.22. The molecular weight excluding hydrogens is 261 g/mol. The number of carboxylic acids is 1. The molecule has 11 heavy (non-hydrogen) atoms. The van der Waals surface area contributed by atoms with Crippen LogP contribution in [0.2, 0.25) is 0 Å². The monoisotopic (exact) mass is 265 g/mol. The molecule has 58 valence electrons. The van der Waals surface area contributed by atoms with Gasteiger partial charge in [0.2, 0.25) is 0 Å². The van der Waals surface area contributed by atoms with Gasteiger partial charge < -0.3 is 10.8 Å². The minimum absolute atomic E-state index is 0.0939. The third kappa shape index (κ3) is 1.76. The van der Waals surface area contributed by atoms with Crippen molar-refractivity contribution in [1.29, 1.82) is 0 Å². The summed E-state index contributed by atoms with van der Waals surface area (Å²) in [5, 5.41) is 8.45. The molecule has 0 bridgehead atoms. The molecule has 0 unspecified atom stereocenters. The second-order valence-corrected chi connectivity index (χ2v) is 2.76. The summed E-state index contributed by atoms with van der Waals surface area (Å²) in [7, 11) is 0. The van der Waals surface area contributed by atoms with Gasteiger partial charge in [-0.15, -0.1) is 0 Å². The maximum Gasteiger partial charge on any atom is 0.356 e. The molecule has 0 spiro atoms. The molecule has 0 fully saturated rings. The zero-order valence-corrected chi connectivity index (χ0v) is 7.44. The number of anilines is 1. The van der Waals surface area contributed by atoms with Crippen LogP contribution >= 0.6 is 22.6 Å². The smallest absolute Gasteiger partial charge is 0.356 e. The Labute approximate surface area is 75.8 Å². The molecule has 0 aliphatic carbocycles. The quantitative estimate of drug-likeness (QED) is 0.715. The van der Waals surface area contributed by atoms with E-state index in [4.69, 9.17) is 10.8 Å². The predicted molar refractivity (Wildman–Crippen MR) is 46.1 cm³/mol. The van der Waals surface area contributed by atoms with Crippen LogP contribution in [0, 0.1) is 3.70 Å². The standard InChI is InChI=1S/C5H4IN3O2/c6-3-4(7)8-1-2(9-3)5(10)11/h1H,(H2,7,8)(H,10,11). The fourth-order valence-corrected chi connectivity index (χ4v) is 0.878. The van der Waals surface area contributed by atoms with Crippen molar-refractivity contribution < 1.29 is 9.90 Å². The second-order valence-electron chi connectivity index (χ2n) is 1.74. The lowest BCUT2D eigenvalue weighted by Crippen LogP contribution is -2.05. The van der Waals surface area contributed by atoms with Gasteiger partial charge in [-0.2, -0.15) is 0 Å². The number of rotatable bonds is 1. The molecule has 6 heteroatoms. The van der Waals surface area contributed by atoms with Gasteiger partial charge in [-0.25, -0.2) is 14.8 Å². The highest BCUT2D eigenvalue weighted by Gasteiger charge is 2.06. The van der Waals surface area contributed by atoms with Gasteiger partial charge in [0, 0.05) is 0 Å². The van der Waals surface area contributed by atoms with Crippen LogP contribution in [0.15, 0.2) is 6.20 Å². The van der Waals surface area contributed by atoms with E-state index in [1.165, 1.54) is 0 Å². The third-order valence-corrected chi connectivity index (χ3v) is 1.77. The summed E-state index contributed by atoms with van der Waals surface area (Å²) in [5.74, 6) is -0.856. The first-order valence-corrected chi connectivity index (χ1v) is 3.70. The highest BCUT2D eigenvalue weighted by molar-refractivity contribution is 14.1. The Hall–Kier alpha value is -0.920. The van der Waals surface area contributed by atoms with E-state index in [-0.39, 0.29) is 11.5 Å². The molecule has 1 rings (SSSR count). The summed E-state index contributed by atoms with van der Waals surface area (Å²) in [6, 6.07) is 0. The Morgan fingerprint density at radius 2 is 2.36 bits per heavy atom. The topological polar surface area (TPSA) is 89.1 Å². The Morgan fingerprint density at radius 1 is 1.73 bits per heavy atom. The molecule has 0 aliphatic heterocycles. The summed E-state index contributed by atoms with van der Waals surface area (Å²) in [4.78, 5) is 17.6. The highest BCUT2D eigenvalue weighted by Crippen LogP contribution is 2.08. The lowest BCUT2D eigenvalue weighted by Gasteiger charge is -1.96. The zero-order valence-electron chi connectivity index (χ0n) is 5.28. The molecule has 0 radical (unpaired) electrons. The fourth-order valence-electron chi connectivity index (χ4n) is 0.479. The van der Waals surface area contributed by atoms with Crippen molar-refractivity contribution in [3.05, 3.63) is 15.6 Å². The molecule has 0 saturated carbocycles. The van der Waals surface area contributed by atoms with Crippen molar-refractivity contribution in [2.24, 2.45) is 0 Å². The Morgan fingerprint density at radius 3 is 2.82 bits per heavy atom. The SMILES string of the molecule is Nc1ncc(C(=O)O)nc1I. The van der Waals surface area contributed by atoms with Gasteiger partial charge in [0.25, 0.3) is 0 Å². The van der Waals surface area contributed by atoms with Crippen LogP contribution < -0.4 is 5.73 Å². The van der Waals surface area contributed by atoms with Crippen molar-refractivity contribution >= 4 is 34.4 Å². The molecule has 0 aromatic carbocycles. The largest absolute Gasteiger partial charge is 0.476 e. The molecule has 0 aliphatic rings. The van der Waals surface area contributed by atoms with Crippen LogP contribution in [-0.4, -0.2) is 21.0 Å². The molecule has 0 amide bonds. The minimum Gasteiger partial charge on any atom is -0.476 e. The number of halogens is 1. The Balaban J connectivity index is 3.15. The number of nitrogens with two attached hydrogens (primary N) is 1. The summed E-state index contributed by atoms with van der Waals surface area (Å²) < 4.78 is 0.405. The first kappa shape index (κ1) is 8.18. The van der Waals surface area contributed by atoms with E-state index in [0.29, 0.717) is 3.70 Å². The predicted octanol–water partition coefficient (Wildman–Crippen LogP) is 0.362. The normalized spacial score (nSPS) is 9.55. The first-order chi connectivity index (χ1) is 5.11. The number of aromatic nitrogens is 2. The van der Waals surface area contributed by atoms with E-state index in [0.717, 1.165) is 6.20 Å². The molecule has 1 aromatic heterocycles. The maximum atomic E-state index is 10.3. The number of carbonyl (C=O) groups is 1. The van der Waals surface area contributed by atoms with E-state index in [1.807, 2.05) is 22.6 Å². The summed E-state index contributed by atoms with van der Waals surface area (Å²) in [6.45, 7) is 0. The number of nitrogens with zero attached hydrogens (tertiary/aromatic N) is 2. The first-order valence-electron chi connectivity index (χ1n) is 2.62. The molecular formula is C5H4IN3O2. The van der Waals surface area contributed by atoms with Gasteiger partial charge >= 0.3 is 5.97 Å². The van der Waals surface area contributed by atoms with Crippen molar-refractivity contribution in [2.45, 2.75) is 0 Å². The number of hydrogen-bond acceptors (Lipinski definition) is 4. The van der Waals surface area contributed by atoms with Crippen molar-refractivity contribution in [2.75, 3.05) is 5.73 Å². The molecule has 1 aromatic rings. The van der Waals surface area contributed by atoms with Gasteiger partial charge in [-0.3, -0.25) is 0 Å². The number of nitrogen functional groups attached to an aromatic ring is 1.